The summed E-state index contributed by atoms with van der Waals surface area (Å²) >= 11 is 0. The summed E-state index contributed by atoms with van der Waals surface area (Å²) in [6.45, 7) is 2.13. The number of furan rings is 1. The highest BCUT2D eigenvalue weighted by atomic mass is 16.3. The third-order valence-corrected chi connectivity index (χ3v) is 8.55. The van der Waals surface area contributed by atoms with Crippen LogP contribution in [0, 0.1) is 6.92 Å². The molecule has 186 valence electrons. The van der Waals surface area contributed by atoms with Crippen molar-refractivity contribution in [2.24, 2.45) is 0 Å². The second-order valence-electron chi connectivity index (χ2n) is 10.9. The normalized spacial score (nSPS) is 12.1. The largest absolute Gasteiger partial charge is 0.455 e. The third kappa shape index (κ3) is 3.02. The van der Waals surface area contributed by atoms with Crippen LogP contribution < -0.4 is 0 Å². The van der Waals surface area contributed by atoms with Gasteiger partial charge >= 0.3 is 0 Å². The Hall–Kier alpha value is -5.21. The molecule has 0 atom stereocenters. The van der Waals surface area contributed by atoms with Crippen molar-refractivity contribution < 1.29 is 4.42 Å². The SMILES string of the molecule is Cc1cnc2cc1c1cccc(c1)c1cccc(c1)c1ccc3ccc4ccc5c6cccc2c6oc5c4c3c1. The molecule has 9 rings (SSSR count). The van der Waals surface area contributed by atoms with Gasteiger partial charge in [-0.2, -0.15) is 0 Å². The first-order chi connectivity index (χ1) is 19.7. The van der Waals surface area contributed by atoms with Gasteiger partial charge in [-0.25, -0.2) is 0 Å². The van der Waals surface area contributed by atoms with E-state index in [1.54, 1.807) is 0 Å². The van der Waals surface area contributed by atoms with Crippen LogP contribution in [0.25, 0.3) is 86.7 Å². The van der Waals surface area contributed by atoms with Crippen molar-refractivity contribution in [3.63, 3.8) is 0 Å². The van der Waals surface area contributed by atoms with Crippen LogP contribution in [0.1, 0.15) is 5.56 Å². The van der Waals surface area contributed by atoms with Gasteiger partial charge in [0.1, 0.15) is 11.2 Å². The van der Waals surface area contributed by atoms with Gasteiger partial charge in [0.15, 0.2) is 0 Å². The predicted molar refractivity (Wildman–Crippen MR) is 170 cm³/mol. The van der Waals surface area contributed by atoms with Crippen LogP contribution in [0.2, 0.25) is 0 Å². The van der Waals surface area contributed by atoms with Crippen molar-refractivity contribution in [2.75, 3.05) is 0 Å². The number of aryl methyl sites for hydroxylation is 1. The average Bonchev–Trinajstić information content (AvgIpc) is 3.40. The van der Waals surface area contributed by atoms with Gasteiger partial charge < -0.3 is 4.42 Å². The van der Waals surface area contributed by atoms with Crippen LogP contribution in [0.3, 0.4) is 0 Å². The maximum Gasteiger partial charge on any atom is 0.144 e. The van der Waals surface area contributed by atoms with Gasteiger partial charge in [0.2, 0.25) is 0 Å². The van der Waals surface area contributed by atoms with Crippen molar-refractivity contribution in [1.29, 1.82) is 0 Å². The molecule has 0 spiro atoms. The minimum Gasteiger partial charge on any atom is -0.455 e. The Kier molecular flexibility index (Phi) is 4.29. The van der Waals surface area contributed by atoms with E-state index < -0.39 is 0 Å². The van der Waals surface area contributed by atoms with Crippen LogP contribution in [-0.4, -0.2) is 4.98 Å². The fourth-order valence-corrected chi connectivity index (χ4v) is 6.50. The summed E-state index contributed by atoms with van der Waals surface area (Å²) < 4.78 is 6.85. The fraction of sp³-hybridized carbons (Fsp3) is 0.0263. The molecular weight excluding hydrogens is 486 g/mol. The van der Waals surface area contributed by atoms with E-state index in [1.165, 1.54) is 48.5 Å². The highest BCUT2D eigenvalue weighted by Crippen LogP contribution is 2.40. The summed E-state index contributed by atoms with van der Waals surface area (Å²) in [5, 5.41) is 15.2. The van der Waals surface area contributed by atoms with Crippen molar-refractivity contribution in [3.05, 3.63) is 127 Å². The van der Waals surface area contributed by atoms with Gasteiger partial charge in [-0.15, -0.1) is 0 Å². The van der Waals surface area contributed by atoms with E-state index in [2.05, 4.69) is 122 Å². The van der Waals surface area contributed by atoms with Gasteiger partial charge in [-0.05, 0) is 97.4 Å². The van der Waals surface area contributed by atoms with Crippen molar-refractivity contribution in [3.8, 4) is 0 Å². The van der Waals surface area contributed by atoms with E-state index in [0.717, 1.165) is 43.8 Å². The molecule has 0 fully saturated rings. The lowest BCUT2D eigenvalue weighted by atomic mass is 9.97. The second-order valence-corrected chi connectivity index (χ2v) is 10.9. The van der Waals surface area contributed by atoms with E-state index in [4.69, 9.17) is 9.40 Å². The number of hydrogen-bond donors (Lipinski definition) is 0. The number of fused-ring (bicyclic) bond motifs is 12. The molecule has 2 heteroatoms. The zero-order valence-electron chi connectivity index (χ0n) is 21.9. The smallest absolute Gasteiger partial charge is 0.144 e. The van der Waals surface area contributed by atoms with Gasteiger partial charge in [0.05, 0.1) is 5.52 Å². The first kappa shape index (κ1) is 21.7. The van der Waals surface area contributed by atoms with Crippen molar-refractivity contribution in [2.45, 2.75) is 6.92 Å². The molecule has 40 heavy (non-hydrogen) atoms. The summed E-state index contributed by atoms with van der Waals surface area (Å²) in [4.78, 5) is 4.89. The molecule has 3 aromatic heterocycles. The number of pyridine rings is 1. The lowest BCUT2D eigenvalue weighted by molar-refractivity contribution is 0.676. The summed E-state index contributed by atoms with van der Waals surface area (Å²) in [5.74, 6) is 0. The average molecular weight is 510 g/mol. The first-order valence-corrected chi connectivity index (χ1v) is 13.7. The summed E-state index contributed by atoms with van der Waals surface area (Å²) in [5.41, 5.74) is 3.87. The molecule has 3 heterocycles. The molecule has 0 saturated heterocycles. The zero-order chi connectivity index (χ0) is 26.4. The lowest BCUT2D eigenvalue weighted by Gasteiger charge is -2.06. The highest BCUT2D eigenvalue weighted by Gasteiger charge is 2.15. The molecule has 2 nitrogen and oxygen atoms in total. The van der Waals surface area contributed by atoms with Crippen molar-refractivity contribution in [1.82, 2.24) is 4.98 Å². The van der Waals surface area contributed by atoms with Gasteiger partial charge in [0.25, 0.3) is 0 Å². The van der Waals surface area contributed by atoms with E-state index in [9.17, 15) is 0 Å². The van der Waals surface area contributed by atoms with Crippen LogP contribution in [0.4, 0.5) is 0 Å². The Balaban J connectivity index is 1.62. The predicted octanol–water partition coefficient (Wildman–Crippen LogP) is 10.8. The van der Waals surface area contributed by atoms with Gasteiger partial charge in [-0.1, -0.05) is 78.9 Å². The Morgan fingerprint density at radius 1 is 0.450 bits per heavy atom. The molecule has 0 unspecified atom stereocenters. The van der Waals surface area contributed by atoms with E-state index >= 15 is 0 Å². The van der Waals surface area contributed by atoms with Crippen LogP contribution in [0.5, 0.6) is 0 Å². The van der Waals surface area contributed by atoms with E-state index in [0.29, 0.717) is 0 Å². The maximum atomic E-state index is 6.85. The van der Waals surface area contributed by atoms with E-state index in [1.807, 2.05) is 6.20 Å². The molecule has 10 bridgehead atoms. The monoisotopic (exact) mass is 509 g/mol. The molecule has 0 aliphatic rings. The number of nitrogens with zero attached hydrogens (tertiary/aromatic N) is 1. The summed E-state index contributed by atoms with van der Waals surface area (Å²) in [6.07, 6.45) is 1.98. The lowest BCUT2D eigenvalue weighted by Crippen LogP contribution is -1.82. The van der Waals surface area contributed by atoms with Crippen LogP contribution in [0.15, 0.2) is 126 Å². The molecule has 0 amide bonds. The highest BCUT2D eigenvalue weighted by molar-refractivity contribution is 6.25. The molecule has 0 N–H and O–H groups in total. The zero-order valence-corrected chi connectivity index (χ0v) is 21.9. The second kappa shape index (κ2) is 7.91. The number of benzene rings is 6. The standard InChI is InChI=1S/C38H23NO/c1-22-21-39-35-20-33(22)29-8-3-7-27(18-29)25-5-2-6-26(17-25)28-14-12-23-11-13-24-15-16-31-30-9-4-10-32(35)37(30)40-38(31)36(24)34(23)19-28/h2-21H,1H3. The molecule has 6 aromatic carbocycles. The number of aromatic nitrogens is 1. The first-order valence-electron chi connectivity index (χ1n) is 13.7. The third-order valence-electron chi connectivity index (χ3n) is 8.55. The molecular formula is C38H23NO. The molecule has 0 radical (unpaired) electrons. The molecule has 0 aliphatic heterocycles. The Labute approximate surface area is 229 Å². The molecule has 9 aromatic rings. The topological polar surface area (TPSA) is 26.0 Å². The molecule has 0 aliphatic carbocycles. The minimum absolute atomic E-state index is 0.880. The fourth-order valence-electron chi connectivity index (χ4n) is 6.50. The maximum absolute atomic E-state index is 6.85. The Morgan fingerprint density at radius 3 is 1.88 bits per heavy atom. The van der Waals surface area contributed by atoms with Crippen LogP contribution >= 0.6 is 0 Å². The number of hydrogen-bond acceptors (Lipinski definition) is 2. The van der Waals surface area contributed by atoms with Gasteiger partial charge in [-0.3, -0.25) is 4.98 Å². The number of para-hydroxylation sites is 1. The van der Waals surface area contributed by atoms with Crippen LogP contribution in [-0.2, 0) is 0 Å². The summed E-state index contributed by atoms with van der Waals surface area (Å²) in [6, 6.07) is 41.9. The quantitative estimate of drug-likeness (QED) is 0.190. The minimum atomic E-state index is 0.880. The Bertz CT molecular complexity index is 2550. The van der Waals surface area contributed by atoms with E-state index in [-0.39, 0.29) is 0 Å². The van der Waals surface area contributed by atoms with Crippen molar-refractivity contribution >= 4 is 86.7 Å². The van der Waals surface area contributed by atoms with Gasteiger partial charge in [0, 0.05) is 27.7 Å². The molecule has 0 saturated carbocycles. The summed E-state index contributed by atoms with van der Waals surface area (Å²) in [7, 11) is 0. The number of rotatable bonds is 0. The Morgan fingerprint density at radius 2 is 1.05 bits per heavy atom.